The van der Waals surface area contributed by atoms with Gasteiger partial charge in [0.15, 0.2) is 0 Å². The molecule has 0 aliphatic heterocycles. The van der Waals surface area contributed by atoms with Crippen LogP contribution in [0.25, 0.3) is 0 Å². The normalized spacial score (nSPS) is 9.83. The van der Waals surface area contributed by atoms with E-state index < -0.39 is 0 Å². The largest absolute Gasteiger partial charge is 0.497 e. The number of benzene rings is 2. The maximum Gasteiger partial charge on any atom is 0.227 e. The lowest BCUT2D eigenvalue weighted by atomic mass is 10.1. The van der Waals surface area contributed by atoms with Crippen LogP contribution < -0.4 is 10.5 Å². The molecule has 0 aliphatic rings. The Morgan fingerprint density at radius 2 is 1.70 bits per heavy atom. The van der Waals surface area contributed by atoms with E-state index in [1.54, 1.807) is 12.0 Å². The van der Waals surface area contributed by atoms with E-state index in [0.717, 1.165) is 16.9 Å². The minimum Gasteiger partial charge on any atom is -0.497 e. The van der Waals surface area contributed by atoms with Crippen molar-refractivity contribution in [3.05, 3.63) is 65.7 Å². The molecule has 0 saturated carbocycles. The third kappa shape index (κ3) is 5.93. The molecule has 2 N–H and O–H groups in total. The minimum absolute atomic E-state index is 0. The van der Waals surface area contributed by atoms with Gasteiger partial charge in [0, 0.05) is 19.6 Å². The van der Waals surface area contributed by atoms with Gasteiger partial charge in [-0.05, 0) is 23.3 Å². The molecule has 2 aromatic rings. The van der Waals surface area contributed by atoms with E-state index in [1.807, 2.05) is 54.6 Å². The topological polar surface area (TPSA) is 55.6 Å². The average Bonchev–Trinajstić information content (AvgIpc) is 2.56. The van der Waals surface area contributed by atoms with Gasteiger partial charge in [-0.2, -0.15) is 0 Å². The molecular weight excluding hydrogens is 312 g/mol. The molecule has 0 radical (unpaired) electrons. The first-order chi connectivity index (χ1) is 10.7. The van der Waals surface area contributed by atoms with Crippen molar-refractivity contribution in [2.24, 2.45) is 5.73 Å². The van der Waals surface area contributed by atoms with Crippen molar-refractivity contribution >= 4 is 18.3 Å². The molecule has 0 bridgehead atoms. The standard InChI is InChI=1S/C18H22N2O2.ClH/c1-22-17-9-7-15(8-10-17)13-18(21)20(12-11-19)14-16-5-3-2-4-6-16;/h2-10H,11-14,19H2,1H3;1H. The fraction of sp³-hybridized carbons (Fsp3) is 0.278. The van der Waals surface area contributed by atoms with Crippen LogP contribution in [-0.2, 0) is 17.8 Å². The van der Waals surface area contributed by atoms with Crippen LogP contribution in [0.5, 0.6) is 5.75 Å². The number of nitrogens with zero attached hydrogens (tertiary/aromatic N) is 1. The second-order valence-corrected chi connectivity index (χ2v) is 5.11. The van der Waals surface area contributed by atoms with Crippen LogP contribution in [0.1, 0.15) is 11.1 Å². The number of halogens is 1. The van der Waals surface area contributed by atoms with Crippen LogP contribution in [0.4, 0.5) is 0 Å². The Hall–Kier alpha value is -2.04. The summed E-state index contributed by atoms with van der Waals surface area (Å²) in [6, 6.07) is 17.5. The van der Waals surface area contributed by atoms with Crippen LogP contribution in [0.15, 0.2) is 54.6 Å². The molecule has 23 heavy (non-hydrogen) atoms. The first-order valence-electron chi connectivity index (χ1n) is 7.37. The predicted molar refractivity (Wildman–Crippen MR) is 94.9 cm³/mol. The molecule has 0 aromatic heterocycles. The first-order valence-corrected chi connectivity index (χ1v) is 7.37. The van der Waals surface area contributed by atoms with E-state index >= 15 is 0 Å². The van der Waals surface area contributed by atoms with Crippen molar-refractivity contribution in [3.63, 3.8) is 0 Å². The Morgan fingerprint density at radius 3 is 2.26 bits per heavy atom. The summed E-state index contributed by atoms with van der Waals surface area (Å²) in [4.78, 5) is 14.3. The first kappa shape index (κ1) is 19.0. The highest BCUT2D eigenvalue weighted by atomic mass is 35.5. The van der Waals surface area contributed by atoms with Gasteiger partial charge in [-0.15, -0.1) is 12.4 Å². The number of methoxy groups -OCH3 is 1. The van der Waals surface area contributed by atoms with Gasteiger partial charge >= 0.3 is 0 Å². The van der Waals surface area contributed by atoms with Gasteiger partial charge in [0.25, 0.3) is 0 Å². The van der Waals surface area contributed by atoms with Gasteiger partial charge in [-0.3, -0.25) is 4.79 Å². The molecule has 0 atom stereocenters. The van der Waals surface area contributed by atoms with Crippen LogP contribution in [0.2, 0.25) is 0 Å². The number of hydrogen-bond acceptors (Lipinski definition) is 3. The molecule has 0 aliphatic carbocycles. The van der Waals surface area contributed by atoms with Crippen LogP contribution in [-0.4, -0.2) is 31.0 Å². The molecule has 0 spiro atoms. The van der Waals surface area contributed by atoms with E-state index in [-0.39, 0.29) is 18.3 Å². The molecule has 1 amide bonds. The maximum atomic E-state index is 12.5. The zero-order valence-electron chi connectivity index (χ0n) is 13.3. The highest BCUT2D eigenvalue weighted by Crippen LogP contribution is 2.13. The average molecular weight is 335 g/mol. The van der Waals surface area contributed by atoms with E-state index in [9.17, 15) is 4.79 Å². The smallest absolute Gasteiger partial charge is 0.227 e. The van der Waals surface area contributed by atoms with Crippen molar-refractivity contribution in [1.29, 1.82) is 0 Å². The van der Waals surface area contributed by atoms with Crippen molar-refractivity contribution in [2.45, 2.75) is 13.0 Å². The molecule has 4 nitrogen and oxygen atoms in total. The number of hydrogen-bond donors (Lipinski definition) is 1. The Balaban J connectivity index is 0.00000264. The third-order valence-electron chi connectivity index (χ3n) is 3.48. The number of rotatable bonds is 7. The van der Waals surface area contributed by atoms with Gasteiger partial charge in [0.2, 0.25) is 5.91 Å². The second-order valence-electron chi connectivity index (χ2n) is 5.11. The third-order valence-corrected chi connectivity index (χ3v) is 3.48. The molecule has 0 fully saturated rings. The Kier molecular flexibility index (Phi) is 8.16. The van der Waals surface area contributed by atoms with Gasteiger partial charge < -0.3 is 15.4 Å². The highest BCUT2D eigenvalue weighted by molar-refractivity contribution is 5.85. The summed E-state index contributed by atoms with van der Waals surface area (Å²) in [6.07, 6.45) is 0.372. The van der Waals surface area contributed by atoms with Crippen LogP contribution >= 0.6 is 12.4 Å². The summed E-state index contributed by atoms with van der Waals surface area (Å²) in [7, 11) is 1.63. The molecule has 0 saturated heterocycles. The van der Waals surface area contributed by atoms with Crippen molar-refractivity contribution in [2.75, 3.05) is 20.2 Å². The van der Waals surface area contributed by atoms with Gasteiger partial charge in [0.1, 0.15) is 5.75 Å². The van der Waals surface area contributed by atoms with Gasteiger partial charge in [-0.25, -0.2) is 0 Å². The molecule has 124 valence electrons. The monoisotopic (exact) mass is 334 g/mol. The number of ether oxygens (including phenoxy) is 1. The second kappa shape index (κ2) is 9.87. The number of carbonyl (C=O) groups excluding carboxylic acids is 1. The summed E-state index contributed by atoms with van der Waals surface area (Å²) in [5.41, 5.74) is 7.72. The Bertz CT molecular complexity index is 588. The van der Waals surface area contributed by atoms with E-state index in [2.05, 4.69) is 0 Å². The molecule has 2 rings (SSSR count). The van der Waals surface area contributed by atoms with Crippen LogP contribution in [0.3, 0.4) is 0 Å². The van der Waals surface area contributed by atoms with Gasteiger partial charge in [-0.1, -0.05) is 42.5 Å². The summed E-state index contributed by atoms with van der Waals surface area (Å²) in [5, 5.41) is 0. The summed E-state index contributed by atoms with van der Waals surface area (Å²) in [5.74, 6) is 0.874. The predicted octanol–water partition coefficient (Wildman–Crippen LogP) is 2.65. The SMILES string of the molecule is COc1ccc(CC(=O)N(CCN)Cc2ccccc2)cc1.Cl. The number of amides is 1. The molecular formula is C18H23ClN2O2. The van der Waals surface area contributed by atoms with E-state index in [0.29, 0.717) is 26.1 Å². The molecule has 5 heteroatoms. The fourth-order valence-electron chi connectivity index (χ4n) is 2.28. The summed E-state index contributed by atoms with van der Waals surface area (Å²) < 4.78 is 5.13. The van der Waals surface area contributed by atoms with Gasteiger partial charge in [0.05, 0.1) is 13.5 Å². The summed E-state index contributed by atoms with van der Waals surface area (Å²) in [6.45, 7) is 1.61. The zero-order valence-corrected chi connectivity index (χ0v) is 14.1. The van der Waals surface area contributed by atoms with E-state index in [4.69, 9.17) is 10.5 Å². The maximum absolute atomic E-state index is 12.5. The lowest BCUT2D eigenvalue weighted by molar-refractivity contribution is -0.131. The number of carbonyl (C=O) groups is 1. The quantitative estimate of drug-likeness (QED) is 0.847. The lowest BCUT2D eigenvalue weighted by Crippen LogP contribution is -2.35. The van der Waals surface area contributed by atoms with Crippen LogP contribution in [0, 0.1) is 0 Å². The molecule has 0 unspecified atom stereocenters. The Labute approximate surface area is 143 Å². The minimum atomic E-state index is 0. The highest BCUT2D eigenvalue weighted by Gasteiger charge is 2.14. The molecule has 2 aromatic carbocycles. The molecule has 0 heterocycles. The van der Waals surface area contributed by atoms with Crippen molar-refractivity contribution in [3.8, 4) is 5.75 Å². The summed E-state index contributed by atoms with van der Waals surface area (Å²) >= 11 is 0. The zero-order chi connectivity index (χ0) is 15.8. The van der Waals surface area contributed by atoms with Crippen molar-refractivity contribution < 1.29 is 9.53 Å². The van der Waals surface area contributed by atoms with E-state index in [1.165, 1.54) is 0 Å². The fourth-order valence-corrected chi connectivity index (χ4v) is 2.28. The van der Waals surface area contributed by atoms with Crippen molar-refractivity contribution in [1.82, 2.24) is 4.90 Å². The lowest BCUT2D eigenvalue weighted by Gasteiger charge is -2.22. The number of nitrogens with two attached hydrogens (primary N) is 1. The Morgan fingerprint density at radius 1 is 1.04 bits per heavy atom.